The average molecular weight is 235 g/mol. The number of nitrogens with one attached hydrogen (secondary N) is 1. The van der Waals surface area contributed by atoms with Gasteiger partial charge in [0, 0.05) is 17.3 Å². The smallest absolute Gasteiger partial charge is 0.192 e. The Bertz CT molecular complexity index is 631. The minimum absolute atomic E-state index is 0.145. The molecule has 1 aromatic carbocycles. The molecule has 0 radical (unpaired) electrons. The monoisotopic (exact) mass is 235 g/mol. The molecule has 0 aliphatic carbocycles. The normalized spacial score (nSPS) is 10.8. The summed E-state index contributed by atoms with van der Waals surface area (Å²) in [6.07, 6.45) is 0.720. The summed E-state index contributed by atoms with van der Waals surface area (Å²) >= 11 is 0. The number of H-pyrrole nitrogens is 1. The molecule has 0 fully saturated rings. The van der Waals surface area contributed by atoms with E-state index in [1.54, 1.807) is 6.92 Å². The van der Waals surface area contributed by atoms with Crippen molar-refractivity contribution in [2.75, 3.05) is 7.11 Å². The van der Waals surface area contributed by atoms with Gasteiger partial charge in [0.2, 0.25) is 0 Å². The Hall–Kier alpha value is -1.84. The van der Waals surface area contributed by atoms with E-state index in [0.29, 0.717) is 22.2 Å². The number of methoxy groups -OCH3 is 1. The summed E-state index contributed by atoms with van der Waals surface area (Å²) in [6, 6.07) is 2.51. The van der Waals surface area contributed by atoms with Crippen molar-refractivity contribution in [3.8, 4) is 5.75 Å². The van der Waals surface area contributed by atoms with Crippen LogP contribution in [-0.2, 0) is 6.42 Å². The highest BCUT2D eigenvalue weighted by Gasteiger charge is 2.12. The quantitative estimate of drug-likeness (QED) is 0.869. The zero-order valence-corrected chi connectivity index (χ0v) is 10.1. The second-order valence-electron chi connectivity index (χ2n) is 3.94. The van der Waals surface area contributed by atoms with Gasteiger partial charge in [-0.2, -0.15) is 0 Å². The van der Waals surface area contributed by atoms with Crippen LogP contribution in [0.4, 0.5) is 4.39 Å². The average Bonchev–Trinajstić information content (AvgIpc) is 2.33. The lowest BCUT2D eigenvalue weighted by molar-refractivity contribution is 0.415. The van der Waals surface area contributed by atoms with E-state index in [1.165, 1.54) is 19.2 Å². The molecule has 1 N–H and O–H groups in total. The Kier molecular flexibility index (Phi) is 2.88. The molecule has 0 aliphatic heterocycles. The summed E-state index contributed by atoms with van der Waals surface area (Å²) in [5, 5.41) is 0.330. The molecule has 0 atom stereocenters. The minimum atomic E-state index is -0.469. The number of halogens is 1. The Labute approximate surface area is 98.2 Å². The van der Waals surface area contributed by atoms with Gasteiger partial charge in [0.15, 0.2) is 5.43 Å². The van der Waals surface area contributed by atoms with Crippen molar-refractivity contribution < 1.29 is 9.13 Å². The number of rotatable bonds is 2. The molecule has 0 unspecified atom stereocenters. The number of hydrogen-bond acceptors (Lipinski definition) is 2. The van der Waals surface area contributed by atoms with Crippen LogP contribution in [0.25, 0.3) is 10.9 Å². The van der Waals surface area contributed by atoms with Crippen LogP contribution in [0, 0.1) is 12.7 Å². The van der Waals surface area contributed by atoms with Crippen molar-refractivity contribution in [1.29, 1.82) is 0 Å². The summed E-state index contributed by atoms with van der Waals surface area (Å²) in [7, 11) is 1.46. The van der Waals surface area contributed by atoms with Gasteiger partial charge in [-0.25, -0.2) is 4.39 Å². The van der Waals surface area contributed by atoms with Crippen molar-refractivity contribution >= 4 is 10.9 Å². The molecule has 0 amide bonds. The Morgan fingerprint density at radius 2 is 2.12 bits per heavy atom. The molecule has 2 aromatic rings. The first-order valence-corrected chi connectivity index (χ1v) is 5.47. The van der Waals surface area contributed by atoms with Gasteiger partial charge in [-0.1, -0.05) is 6.92 Å². The molecular formula is C13H14FNO2. The van der Waals surface area contributed by atoms with E-state index in [4.69, 9.17) is 4.74 Å². The Morgan fingerprint density at radius 1 is 1.41 bits per heavy atom. The maximum Gasteiger partial charge on any atom is 0.192 e. The van der Waals surface area contributed by atoms with Crippen LogP contribution in [0.3, 0.4) is 0 Å². The van der Waals surface area contributed by atoms with Crippen LogP contribution >= 0.6 is 0 Å². The first-order chi connectivity index (χ1) is 8.08. The third kappa shape index (κ3) is 1.79. The van der Waals surface area contributed by atoms with E-state index in [0.717, 1.165) is 12.1 Å². The van der Waals surface area contributed by atoms with Gasteiger partial charge in [0.05, 0.1) is 18.0 Å². The number of ether oxygens (including phenoxy) is 1. The lowest BCUT2D eigenvalue weighted by Gasteiger charge is -2.10. The van der Waals surface area contributed by atoms with E-state index in [2.05, 4.69) is 4.98 Å². The number of aromatic nitrogens is 1. The first-order valence-electron chi connectivity index (χ1n) is 5.47. The predicted molar refractivity (Wildman–Crippen MR) is 65.2 cm³/mol. The largest absolute Gasteiger partial charge is 0.494 e. The van der Waals surface area contributed by atoms with Crippen LogP contribution in [0.5, 0.6) is 5.75 Å². The molecule has 90 valence electrons. The van der Waals surface area contributed by atoms with E-state index in [1.807, 2.05) is 6.92 Å². The topological polar surface area (TPSA) is 42.1 Å². The van der Waals surface area contributed by atoms with Gasteiger partial charge in [-0.15, -0.1) is 0 Å². The number of benzene rings is 1. The van der Waals surface area contributed by atoms with Crippen LogP contribution in [-0.4, -0.2) is 12.1 Å². The van der Waals surface area contributed by atoms with Crippen molar-refractivity contribution in [3.63, 3.8) is 0 Å². The van der Waals surface area contributed by atoms with Crippen molar-refractivity contribution in [2.24, 2.45) is 0 Å². The number of aryl methyl sites for hydroxylation is 1. The zero-order chi connectivity index (χ0) is 12.6. The molecule has 1 aromatic heterocycles. The standard InChI is InChI=1S/C13H14FNO2/c1-4-10-7(2)13(16)9-5-8(14)6-11(17-3)12(9)15-10/h5-6H,4H2,1-3H3,(H,15,16). The number of pyridine rings is 1. The summed E-state index contributed by atoms with van der Waals surface area (Å²) in [6.45, 7) is 3.70. The molecule has 2 rings (SSSR count). The van der Waals surface area contributed by atoms with E-state index < -0.39 is 5.82 Å². The fourth-order valence-electron chi connectivity index (χ4n) is 1.99. The first kappa shape index (κ1) is 11.6. The molecule has 3 nitrogen and oxygen atoms in total. The van der Waals surface area contributed by atoms with Crippen LogP contribution in [0.2, 0.25) is 0 Å². The van der Waals surface area contributed by atoms with E-state index in [-0.39, 0.29) is 5.43 Å². The van der Waals surface area contributed by atoms with E-state index in [9.17, 15) is 9.18 Å². The summed E-state index contributed by atoms with van der Waals surface area (Å²) in [4.78, 5) is 15.2. The van der Waals surface area contributed by atoms with Crippen molar-refractivity contribution in [3.05, 3.63) is 39.4 Å². The highest BCUT2D eigenvalue weighted by atomic mass is 19.1. The third-order valence-electron chi connectivity index (χ3n) is 2.95. The second kappa shape index (κ2) is 4.20. The molecule has 1 heterocycles. The molecule has 0 saturated carbocycles. The lowest BCUT2D eigenvalue weighted by atomic mass is 10.1. The third-order valence-corrected chi connectivity index (χ3v) is 2.95. The highest BCUT2D eigenvalue weighted by molar-refractivity contribution is 5.85. The molecule has 4 heteroatoms. The zero-order valence-electron chi connectivity index (χ0n) is 10.1. The maximum atomic E-state index is 13.3. The molecular weight excluding hydrogens is 221 g/mol. The number of hydrogen-bond donors (Lipinski definition) is 1. The van der Waals surface area contributed by atoms with Gasteiger partial charge in [-0.05, 0) is 19.4 Å². The van der Waals surface area contributed by atoms with Crippen LogP contribution < -0.4 is 10.2 Å². The van der Waals surface area contributed by atoms with Crippen molar-refractivity contribution in [1.82, 2.24) is 4.98 Å². The SMILES string of the molecule is CCc1[nH]c2c(OC)cc(F)cc2c(=O)c1C. The predicted octanol–water partition coefficient (Wildman–Crippen LogP) is 2.55. The maximum absolute atomic E-state index is 13.3. The second-order valence-corrected chi connectivity index (χ2v) is 3.94. The van der Waals surface area contributed by atoms with Gasteiger partial charge >= 0.3 is 0 Å². The minimum Gasteiger partial charge on any atom is -0.494 e. The summed E-state index contributed by atoms with van der Waals surface area (Å²) in [5.41, 5.74) is 1.90. The fourth-order valence-corrected chi connectivity index (χ4v) is 1.99. The Morgan fingerprint density at radius 3 is 2.71 bits per heavy atom. The Balaban J connectivity index is 2.96. The van der Waals surface area contributed by atoms with Gasteiger partial charge in [0.25, 0.3) is 0 Å². The van der Waals surface area contributed by atoms with E-state index >= 15 is 0 Å². The van der Waals surface area contributed by atoms with Gasteiger partial charge < -0.3 is 9.72 Å². The molecule has 0 saturated heterocycles. The van der Waals surface area contributed by atoms with Gasteiger partial charge in [0.1, 0.15) is 11.6 Å². The molecule has 0 bridgehead atoms. The molecule has 0 aliphatic rings. The number of fused-ring (bicyclic) bond motifs is 1. The fraction of sp³-hybridized carbons (Fsp3) is 0.308. The van der Waals surface area contributed by atoms with Crippen molar-refractivity contribution in [2.45, 2.75) is 20.3 Å². The summed E-state index contributed by atoms with van der Waals surface area (Å²) < 4.78 is 18.4. The lowest BCUT2D eigenvalue weighted by Crippen LogP contribution is -2.12. The van der Waals surface area contributed by atoms with Crippen LogP contribution in [0.1, 0.15) is 18.2 Å². The van der Waals surface area contributed by atoms with Crippen LogP contribution in [0.15, 0.2) is 16.9 Å². The van der Waals surface area contributed by atoms with Gasteiger partial charge in [-0.3, -0.25) is 4.79 Å². The number of aromatic amines is 1. The summed E-state index contributed by atoms with van der Waals surface area (Å²) in [5.74, 6) is -0.115. The molecule has 0 spiro atoms. The highest BCUT2D eigenvalue weighted by Crippen LogP contribution is 2.24. The molecule has 17 heavy (non-hydrogen) atoms.